The minimum absolute atomic E-state index is 0.0415. The number of hydrogen-bond acceptors (Lipinski definition) is 6. The molecule has 8 rings (SSSR count). The molecular weight excluding hydrogens is 857 g/mol. The lowest BCUT2D eigenvalue weighted by Crippen LogP contribution is -2.31. The van der Waals surface area contributed by atoms with Crippen LogP contribution >= 0.6 is 0 Å². The molecule has 0 N–H and O–H groups in total. The van der Waals surface area contributed by atoms with Crippen LogP contribution in [0, 0.1) is 25.7 Å². The Morgan fingerprint density at radius 1 is 0.400 bits per heavy atom. The number of fused-ring (bicyclic) bond motifs is 6. The topological polar surface area (TPSA) is 77.8 Å². The van der Waals surface area contributed by atoms with Crippen molar-refractivity contribution in [1.82, 2.24) is 20.4 Å². The monoisotopic (exact) mass is 945 g/mol. The summed E-state index contributed by atoms with van der Waals surface area (Å²) < 4.78 is 11.7. The van der Waals surface area contributed by atoms with Gasteiger partial charge in [-0.3, -0.25) is 0 Å². The number of unbranched alkanes of at least 4 members (excludes halogenated alkanes) is 12. The highest BCUT2D eigenvalue weighted by Gasteiger charge is 2.46. The lowest BCUT2D eigenvalue weighted by molar-refractivity contribution is 0.266. The zero-order valence-corrected chi connectivity index (χ0v) is 44.8. The van der Waals surface area contributed by atoms with Crippen molar-refractivity contribution >= 4 is 0 Å². The summed E-state index contributed by atoms with van der Waals surface area (Å²) >= 11 is 0. The molecule has 6 nitrogen and oxygen atoms in total. The van der Waals surface area contributed by atoms with Gasteiger partial charge in [0.25, 0.3) is 0 Å². The van der Waals surface area contributed by atoms with E-state index in [1.54, 1.807) is 5.56 Å². The highest BCUT2D eigenvalue weighted by Crippen LogP contribution is 2.58. The van der Waals surface area contributed by atoms with Crippen LogP contribution in [0.5, 0.6) is 0 Å². The maximum absolute atomic E-state index is 5.86. The second kappa shape index (κ2) is 26.0. The van der Waals surface area contributed by atoms with E-state index in [1.807, 2.05) is 13.8 Å². The molecule has 0 radical (unpaired) electrons. The van der Waals surface area contributed by atoms with E-state index in [2.05, 4.69) is 147 Å². The fourth-order valence-corrected chi connectivity index (χ4v) is 12.5. The largest absolute Gasteiger partial charge is 0.421 e. The van der Waals surface area contributed by atoms with Crippen LogP contribution in [-0.2, 0) is 10.8 Å². The van der Waals surface area contributed by atoms with Gasteiger partial charge < -0.3 is 8.83 Å². The highest BCUT2D eigenvalue weighted by molar-refractivity contribution is 5.84. The van der Waals surface area contributed by atoms with Gasteiger partial charge in [0.15, 0.2) is 0 Å². The maximum Gasteiger partial charge on any atom is 0.247 e. The van der Waals surface area contributed by atoms with E-state index < -0.39 is 0 Å². The van der Waals surface area contributed by atoms with Crippen LogP contribution in [0.1, 0.15) is 230 Å². The molecule has 6 heteroatoms. The van der Waals surface area contributed by atoms with Crippen molar-refractivity contribution in [2.75, 3.05) is 0 Å². The standard InChI is InChI=1S/2C32H44N2O/c1-6-10-14-24(8-3)21-32(22-25(9-4)15-11-7-2)29-17-13-12-16-27(29)28-19-18-26(20-30(28)32)31-34-33-23(5)35-31;1-4-6-8-10-12-16-22-32(23-17-13-11-9-7-5-2)29-19-15-14-18-27(29)28-21-20-26(24-30(28)32)31-34-33-25(3)35-31/h12-13,16-20,24-25H,6-11,14-15,21-22H2,1-5H3;14-15,18-21,24H,4-13,16-17,22-23H2,1-3H3. The highest BCUT2D eigenvalue weighted by atomic mass is 16.4. The Morgan fingerprint density at radius 2 is 0.786 bits per heavy atom. The molecule has 6 aromatic rings. The molecule has 70 heavy (non-hydrogen) atoms. The third kappa shape index (κ3) is 12.2. The van der Waals surface area contributed by atoms with Crippen LogP contribution in [0.3, 0.4) is 0 Å². The van der Waals surface area contributed by atoms with Crippen molar-refractivity contribution in [3.8, 4) is 45.2 Å². The number of hydrogen-bond donors (Lipinski definition) is 0. The molecule has 0 spiro atoms. The summed E-state index contributed by atoms with van der Waals surface area (Å²) in [4.78, 5) is 0. The van der Waals surface area contributed by atoms with Gasteiger partial charge in [0.1, 0.15) is 0 Å². The molecular formula is C64H88N4O2. The molecule has 0 saturated heterocycles. The SMILES string of the molecule is CCCCC(CC)CC1(CC(CC)CCCC)c2ccccc2-c2ccc(-c3nnc(C)o3)cc21.CCCCCCCCC1(CCCCCCCC)c2ccccc2-c2ccc(-c3nnc(C)o3)cc21. The number of aryl methyl sites for hydroxylation is 2. The second-order valence-electron chi connectivity index (χ2n) is 21.3. The maximum atomic E-state index is 5.86. The van der Waals surface area contributed by atoms with Crippen molar-refractivity contribution < 1.29 is 8.83 Å². The Balaban J connectivity index is 0.000000206. The summed E-state index contributed by atoms with van der Waals surface area (Å²) in [5.74, 6) is 3.96. The Bertz CT molecular complexity index is 2480. The van der Waals surface area contributed by atoms with Gasteiger partial charge in [-0.1, -0.05) is 231 Å². The summed E-state index contributed by atoms with van der Waals surface area (Å²) in [5, 5.41) is 16.9. The van der Waals surface area contributed by atoms with Gasteiger partial charge in [0.05, 0.1) is 0 Å². The van der Waals surface area contributed by atoms with Crippen molar-refractivity contribution in [3.63, 3.8) is 0 Å². The van der Waals surface area contributed by atoms with E-state index in [4.69, 9.17) is 8.83 Å². The van der Waals surface area contributed by atoms with E-state index in [0.29, 0.717) is 23.6 Å². The first kappa shape index (κ1) is 53.0. The number of benzene rings is 4. The summed E-state index contributed by atoms with van der Waals surface area (Å²) in [6.07, 6.45) is 31.2. The molecule has 2 aromatic heterocycles. The third-order valence-corrected chi connectivity index (χ3v) is 16.4. The fraction of sp³-hybridized carbons (Fsp3) is 0.562. The molecule has 0 bridgehead atoms. The molecule has 2 unspecified atom stereocenters. The van der Waals surface area contributed by atoms with Gasteiger partial charge in [0.2, 0.25) is 23.6 Å². The predicted molar refractivity (Wildman–Crippen MR) is 293 cm³/mol. The first-order chi connectivity index (χ1) is 34.2. The van der Waals surface area contributed by atoms with E-state index in [9.17, 15) is 0 Å². The van der Waals surface area contributed by atoms with Gasteiger partial charge in [-0.15, -0.1) is 20.4 Å². The van der Waals surface area contributed by atoms with Crippen LogP contribution in [-0.4, -0.2) is 20.4 Å². The Labute approximate surface area is 423 Å². The van der Waals surface area contributed by atoms with Gasteiger partial charge >= 0.3 is 0 Å². The number of rotatable bonds is 28. The molecule has 2 atom stereocenters. The van der Waals surface area contributed by atoms with Gasteiger partial charge in [-0.05, 0) is 106 Å². The first-order valence-corrected chi connectivity index (χ1v) is 28.3. The number of nitrogens with zero attached hydrogens (tertiary/aromatic N) is 4. The summed E-state index contributed by atoms with van der Waals surface area (Å²) in [5.41, 5.74) is 13.9. The smallest absolute Gasteiger partial charge is 0.247 e. The van der Waals surface area contributed by atoms with Crippen molar-refractivity contribution in [2.24, 2.45) is 11.8 Å². The Hall–Kier alpha value is -4.84. The normalized spacial score (nSPS) is 16.0. The summed E-state index contributed by atoms with van der Waals surface area (Å²) in [6, 6.07) is 32.1. The molecule has 0 aliphatic heterocycles. The van der Waals surface area contributed by atoms with Crippen molar-refractivity contribution in [3.05, 3.63) is 119 Å². The van der Waals surface area contributed by atoms with Crippen LogP contribution in [0.25, 0.3) is 45.2 Å². The number of aromatic nitrogens is 4. The molecule has 2 aliphatic carbocycles. The van der Waals surface area contributed by atoms with Crippen LogP contribution in [0.4, 0.5) is 0 Å². The molecule has 2 heterocycles. The molecule has 376 valence electrons. The lowest BCUT2D eigenvalue weighted by Gasteiger charge is -2.38. The fourth-order valence-electron chi connectivity index (χ4n) is 12.5. The van der Waals surface area contributed by atoms with Crippen LogP contribution in [0.15, 0.2) is 93.8 Å². The van der Waals surface area contributed by atoms with Gasteiger partial charge in [0, 0.05) is 35.8 Å². The zero-order valence-electron chi connectivity index (χ0n) is 44.8. The minimum atomic E-state index is 0.0415. The average Bonchev–Trinajstić information content (AvgIpc) is 4.16. The Morgan fingerprint density at radius 3 is 1.20 bits per heavy atom. The van der Waals surface area contributed by atoms with Crippen molar-refractivity contribution in [1.29, 1.82) is 0 Å². The van der Waals surface area contributed by atoms with E-state index in [0.717, 1.165) is 23.0 Å². The average molecular weight is 945 g/mol. The summed E-state index contributed by atoms with van der Waals surface area (Å²) in [7, 11) is 0. The van der Waals surface area contributed by atoms with E-state index in [1.165, 1.54) is 193 Å². The van der Waals surface area contributed by atoms with Crippen LogP contribution in [0.2, 0.25) is 0 Å². The lowest BCUT2D eigenvalue weighted by atomic mass is 9.65. The molecule has 0 fully saturated rings. The van der Waals surface area contributed by atoms with E-state index in [-0.39, 0.29) is 10.8 Å². The molecule has 0 saturated carbocycles. The first-order valence-electron chi connectivity index (χ1n) is 28.3. The van der Waals surface area contributed by atoms with E-state index >= 15 is 0 Å². The second-order valence-corrected chi connectivity index (χ2v) is 21.3. The van der Waals surface area contributed by atoms with Gasteiger partial charge in [-0.2, -0.15) is 0 Å². The predicted octanol–water partition coefficient (Wildman–Crippen LogP) is 19.3. The summed E-state index contributed by atoms with van der Waals surface area (Å²) in [6.45, 7) is 17.7. The van der Waals surface area contributed by atoms with Crippen LogP contribution < -0.4 is 0 Å². The Kier molecular flexibility index (Phi) is 19.7. The van der Waals surface area contributed by atoms with Crippen molar-refractivity contribution in [2.45, 2.75) is 220 Å². The molecule has 0 amide bonds. The third-order valence-electron chi connectivity index (χ3n) is 16.4. The zero-order chi connectivity index (χ0) is 49.4. The molecule has 2 aliphatic rings. The minimum Gasteiger partial charge on any atom is -0.421 e. The quantitative estimate of drug-likeness (QED) is 0.0456. The molecule has 4 aromatic carbocycles. The van der Waals surface area contributed by atoms with Gasteiger partial charge in [-0.25, -0.2) is 0 Å².